The largest absolute Gasteiger partial charge is 0.573 e. The van der Waals surface area contributed by atoms with Gasteiger partial charge < -0.3 is 14.5 Å². The second kappa shape index (κ2) is 15.1. The number of halogens is 3. The predicted octanol–water partition coefficient (Wildman–Crippen LogP) is 13.3. The zero-order chi connectivity index (χ0) is 41.8. The first-order valence-corrected chi connectivity index (χ1v) is 20.6. The number of benzene rings is 9. The van der Waals surface area contributed by atoms with Crippen LogP contribution >= 0.6 is 0 Å². The molecular weight excluding hydrogens is 772 g/mol. The van der Waals surface area contributed by atoms with E-state index >= 15 is 0 Å². The van der Waals surface area contributed by atoms with Gasteiger partial charge >= 0.3 is 6.36 Å². The molecule has 2 aliphatic heterocycles. The van der Waals surface area contributed by atoms with Crippen LogP contribution in [0.15, 0.2) is 218 Å². The number of rotatable bonds is 7. The molecule has 0 bridgehead atoms. The zero-order valence-electron chi connectivity index (χ0n) is 33.3. The van der Waals surface area contributed by atoms with E-state index in [0.717, 1.165) is 83.6 Å². The first-order valence-electron chi connectivity index (χ1n) is 20.6. The van der Waals surface area contributed by atoms with Crippen LogP contribution in [0.1, 0.15) is 0 Å². The lowest BCUT2D eigenvalue weighted by molar-refractivity contribution is -0.274. The molecule has 0 aromatic heterocycles. The topological polar surface area (TPSA) is 15.7 Å². The standard InChI is InChI=1S/C55H36BF3N2O/c57-55(58,59)62-47-35-52-54-53(36-47)61(46-29-23-42(24-30-46)38-15-7-2-8-16-38)51-32-26-44(40-19-11-4-12-20-40)34-49(51)56(54)48-33-43(39-17-9-3-10-18-39)25-31-50(48)60(52)45-27-21-41(22-28-45)37-13-5-1-6-14-37/h1-36H. The van der Waals surface area contributed by atoms with E-state index < -0.39 is 6.36 Å². The third kappa shape index (κ3) is 6.68. The Morgan fingerprint density at radius 2 is 0.661 bits per heavy atom. The maximum Gasteiger partial charge on any atom is 0.573 e. The first kappa shape index (κ1) is 37.3. The molecule has 0 saturated carbocycles. The molecule has 7 heteroatoms. The van der Waals surface area contributed by atoms with Crippen LogP contribution in [-0.4, -0.2) is 13.1 Å². The summed E-state index contributed by atoms with van der Waals surface area (Å²) in [6, 6.07) is 73.4. The minimum Gasteiger partial charge on any atom is -0.406 e. The normalized spacial score (nSPS) is 12.7. The number of anilines is 6. The van der Waals surface area contributed by atoms with Gasteiger partial charge in [-0.25, -0.2) is 0 Å². The summed E-state index contributed by atoms with van der Waals surface area (Å²) >= 11 is 0. The van der Waals surface area contributed by atoms with Crippen molar-refractivity contribution in [3.8, 4) is 50.3 Å². The van der Waals surface area contributed by atoms with Crippen molar-refractivity contribution in [2.24, 2.45) is 0 Å². The van der Waals surface area contributed by atoms with Crippen molar-refractivity contribution in [3.05, 3.63) is 218 Å². The fourth-order valence-corrected chi connectivity index (χ4v) is 9.22. The fraction of sp³-hybridized carbons (Fsp3) is 0.0182. The molecule has 0 aliphatic carbocycles. The van der Waals surface area contributed by atoms with Crippen LogP contribution in [0.3, 0.4) is 0 Å². The van der Waals surface area contributed by atoms with Crippen LogP contribution in [0, 0.1) is 0 Å². The van der Waals surface area contributed by atoms with E-state index in [1.54, 1.807) is 12.1 Å². The Hall–Kier alpha value is -7.77. The van der Waals surface area contributed by atoms with Crippen LogP contribution in [0.4, 0.5) is 47.3 Å². The molecule has 0 unspecified atom stereocenters. The van der Waals surface area contributed by atoms with E-state index in [0.29, 0.717) is 11.4 Å². The Kier molecular flexibility index (Phi) is 9.04. The average molecular weight is 809 g/mol. The molecule has 296 valence electrons. The smallest absolute Gasteiger partial charge is 0.406 e. The minimum absolute atomic E-state index is 0.296. The molecule has 0 atom stereocenters. The summed E-state index contributed by atoms with van der Waals surface area (Å²) in [6.07, 6.45) is -4.92. The van der Waals surface area contributed by atoms with Gasteiger partial charge in [0.2, 0.25) is 0 Å². The molecule has 0 saturated heterocycles. The molecule has 9 aromatic carbocycles. The van der Waals surface area contributed by atoms with Crippen molar-refractivity contribution in [2.45, 2.75) is 6.36 Å². The third-order valence-corrected chi connectivity index (χ3v) is 12.0. The van der Waals surface area contributed by atoms with E-state index in [-0.39, 0.29) is 12.5 Å². The van der Waals surface area contributed by atoms with E-state index in [1.807, 2.05) is 97.1 Å². The van der Waals surface area contributed by atoms with Gasteiger partial charge in [-0.15, -0.1) is 13.2 Å². The van der Waals surface area contributed by atoms with Crippen LogP contribution in [-0.2, 0) is 0 Å². The number of hydrogen-bond acceptors (Lipinski definition) is 3. The Morgan fingerprint density at radius 3 is 1.02 bits per heavy atom. The van der Waals surface area contributed by atoms with Crippen molar-refractivity contribution >= 4 is 57.2 Å². The van der Waals surface area contributed by atoms with Gasteiger partial charge in [-0.1, -0.05) is 170 Å². The summed E-state index contributed by atoms with van der Waals surface area (Å²) in [4.78, 5) is 4.19. The molecule has 11 rings (SSSR count). The maximum absolute atomic E-state index is 14.4. The molecule has 0 spiro atoms. The first-order chi connectivity index (χ1) is 30.4. The van der Waals surface area contributed by atoms with Crippen LogP contribution < -0.4 is 30.9 Å². The van der Waals surface area contributed by atoms with Crippen LogP contribution in [0.25, 0.3) is 44.5 Å². The highest BCUT2D eigenvalue weighted by molar-refractivity contribution is 7.00. The predicted molar refractivity (Wildman–Crippen MR) is 249 cm³/mol. The Morgan fingerprint density at radius 1 is 0.339 bits per heavy atom. The minimum atomic E-state index is -4.92. The van der Waals surface area contributed by atoms with Gasteiger partial charge in [0.1, 0.15) is 5.75 Å². The van der Waals surface area contributed by atoms with Gasteiger partial charge in [-0.3, -0.25) is 0 Å². The molecule has 62 heavy (non-hydrogen) atoms. The number of nitrogens with zero attached hydrogens (tertiary/aromatic N) is 2. The second-order valence-corrected chi connectivity index (χ2v) is 15.6. The van der Waals surface area contributed by atoms with Crippen molar-refractivity contribution in [1.29, 1.82) is 0 Å². The lowest BCUT2D eigenvalue weighted by atomic mass is 9.33. The van der Waals surface area contributed by atoms with Gasteiger partial charge in [0, 0.05) is 46.3 Å². The Bertz CT molecular complexity index is 2870. The zero-order valence-corrected chi connectivity index (χ0v) is 33.3. The van der Waals surface area contributed by atoms with Crippen molar-refractivity contribution in [1.82, 2.24) is 0 Å². The lowest BCUT2D eigenvalue weighted by Crippen LogP contribution is -2.61. The third-order valence-electron chi connectivity index (χ3n) is 12.0. The molecule has 2 heterocycles. The highest BCUT2D eigenvalue weighted by Crippen LogP contribution is 2.47. The molecule has 2 aliphatic rings. The van der Waals surface area contributed by atoms with Gasteiger partial charge in [-0.05, 0) is 97.3 Å². The van der Waals surface area contributed by atoms with Gasteiger partial charge in [0.15, 0.2) is 0 Å². The van der Waals surface area contributed by atoms with E-state index in [9.17, 15) is 13.2 Å². The lowest BCUT2D eigenvalue weighted by Gasteiger charge is -2.44. The molecule has 3 nitrogen and oxygen atoms in total. The number of ether oxygens (including phenoxy) is 1. The molecule has 0 amide bonds. The number of hydrogen-bond donors (Lipinski definition) is 0. The van der Waals surface area contributed by atoms with Crippen molar-refractivity contribution in [3.63, 3.8) is 0 Å². The highest BCUT2D eigenvalue weighted by atomic mass is 19.4. The SMILES string of the molecule is FC(F)(F)Oc1cc2c3c(c1)N(c1ccc(-c4ccccc4)cc1)c1ccc(-c4ccccc4)cc1B3c1cc(-c3ccccc3)ccc1N2c1ccc(-c2ccccc2)cc1. The Balaban J connectivity index is 1.19. The van der Waals surface area contributed by atoms with Gasteiger partial charge in [0.05, 0.1) is 0 Å². The molecule has 0 fully saturated rings. The van der Waals surface area contributed by atoms with Gasteiger partial charge in [0.25, 0.3) is 6.71 Å². The summed E-state index contributed by atoms with van der Waals surface area (Å²) in [5, 5.41) is 0. The molecule has 9 aromatic rings. The summed E-state index contributed by atoms with van der Waals surface area (Å²) in [5.74, 6) is -0.296. The van der Waals surface area contributed by atoms with E-state index in [1.165, 1.54) is 0 Å². The summed E-state index contributed by atoms with van der Waals surface area (Å²) in [7, 11) is 0. The fourth-order valence-electron chi connectivity index (χ4n) is 9.22. The van der Waals surface area contributed by atoms with Crippen LogP contribution in [0.5, 0.6) is 5.75 Å². The maximum atomic E-state index is 14.4. The molecule has 0 radical (unpaired) electrons. The second-order valence-electron chi connectivity index (χ2n) is 15.6. The highest BCUT2D eigenvalue weighted by Gasteiger charge is 2.45. The average Bonchev–Trinajstić information content (AvgIpc) is 3.32. The molecular formula is C55H36BF3N2O. The van der Waals surface area contributed by atoms with Crippen LogP contribution in [0.2, 0.25) is 0 Å². The number of alkyl halides is 3. The summed E-state index contributed by atoms with van der Waals surface area (Å²) < 4.78 is 48.0. The summed E-state index contributed by atoms with van der Waals surface area (Å²) in [5.41, 5.74) is 16.0. The quantitative estimate of drug-likeness (QED) is 0.149. The van der Waals surface area contributed by atoms with Crippen molar-refractivity contribution < 1.29 is 17.9 Å². The van der Waals surface area contributed by atoms with E-state index in [4.69, 9.17) is 4.74 Å². The Labute approximate surface area is 358 Å². The molecule has 0 N–H and O–H groups in total. The monoisotopic (exact) mass is 808 g/mol. The van der Waals surface area contributed by atoms with Crippen molar-refractivity contribution in [2.75, 3.05) is 9.80 Å². The summed E-state index contributed by atoms with van der Waals surface area (Å²) in [6.45, 7) is -0.350. The van der Waals surface area contributed by atoms with E-state index in [2.05, 4.69) is 119 Å². The van der Waals surface area contributed by atoms with Gasteiger partial charge in [-0.2, -0.15) is 0 Å². The number of fused-ring (bicyclic) bond motifs is 4.